The molecular formula is C26H18O6. The Hall–Kier alpha value is -4.32. The molecule has 0 saturated heterocycles. The Kier molecular flexibility index (Phi) is 4.56. The number of para-hydroxylation sites is 2. The number of hydrogen-bond donors (Lipinski definition) is 2. The van der Waals surface area contributed by atoms with Crippen molar-refractivity contribution >= 4 is 21.9 Å². The maximum Gasteiger partial charge on any atom is 0.344 e. The molecule has 0 radical (unpaired) electrons. The van der Waals surface area contributed by atoms with Crippen LogP contribution in [0.15, 0.2) is 91.2 Å². The highest BCUT2D eigenvalue weighted by atomic mass is 16.4. The molecule has 0 saturated carbocycles. The summed E-state index contributed by atoms with van der Waals surface area (Å²) in [6.07, 6.45) is 0. The van der Waals surface area contributed by atoms with Gasteiger partial charge in [-0.25, -0.2) is 9.59 Å². The van der Waals surface area contributed by atoms with Crippen molar-refractivity contribution < 1.29 is 19.0 Å². The molecule has 0 unspecified atom stereocenters. The Balaban J connectivity index is 1.94. The van der Waals surface area contributed by atoms with Gasteiger partial charge in [0.1, 0.15) is 22.7 Å². The molecule has 2 heterocycles. The maximum absolute atomic E-state index is 13.1. The number of hydrogen-bond acceptors (Lipinski definition) is 6. The molecular weight excluding hydrogens is 408 g/mol. The molecule has 0 amide bonds. The summed E-state index contributed by atoms with van der Waals surface area (Å²) in [6, 6.07) is 20.3. The number of aromatic hydroxyl groups is 2. The monoisotopic (exact) mass is 426 g/mol. The molecule has 2 N–H and O–H groups in total. The Morgan fingerprint density at radius 1 is 0.656 bits per heavy atom. The lowest BCUT2D eigenvalue weighted by molar-refractivity contribution is 0.441. The van der Waals surface area contributed by atoms with Gasteiger partial charge in [-0.05, 0) is 42.3 Å². The van der Waals surface area contributed by atoms with Gasteiger partial charge in [-0.15, -0.1) is 0 Å². The second-order valence-electron chi connectivity index (χ2n) is 7.59. The second-order valence-corrected chi connectivity index (χ2v) is 7.59. The average Bonchev–Trinajstić information content (AvgIpc) is 2.78. The Labute approximate surface area is 181 Å². The summed E-state index contributed by atoms with van der Waals surface area (Å²) in [6.45, 7) is 1.82. The van der Waals surface area contributed by atoms with E-state index in [4.69, 9.17) is 8.83 Å². The molecule has 5 aromatic rings. The Bertz CT molecular complexity index is 1510. The zero-order chi connectivity index (χ0) is 22.4. The highest BCUT2D eigenvalue weighted by molar-refractivity contribution is 5.87. The minimum Gasteiger partial charge on any atom is -0.507 e. The molecule has 6 nitrogen and oxygen atoms in total. The molecule has 0 atom stereocenters. The first kappa shape index (κ1) is 19.6. The van der Waals surface area contributed by atoms with Crippen LogP contribution in [0.3, 0.4) is 0 Å². The van der Waals surface area contributed by atoms with Gasteiger partial charge < -0.3 is 19.0 Å². The summed E-state index contributed by atoms with van der Waals surface area (Å²) in [5.41, 5.74) is -0.136. The third-order valence-electron chi connectivity index (χ3n) is 5.72. The van der Waals surface area contributed by atoms with E-state index in [1.165, 1.54) is 0 Å². The van der Waals surface area contributed by atoms with Crippen molar-refractivity contribution in [2.24, 2.45) is 0 Å². The molecule has 0 fully saturated rings. The van der Waals surface area contributed by atoms with Crippen molar-refractivity contribution in [2.75, 3.05) is 0 Å². The predicted octanol–water partition coefficient (Wildman–Crippen LogP) is 4.80. The van der Waals surface area contributed by atoms with Gasteiger partial charge in [-0.2, -0.15) is 0 Å². The predicted molar refractivity (Wildman–Crippen MR) is 120 cm³/mol. The maximum atomic E-state index is 13.1. The van der Waals surface area contributed by atoms with Crippen molar-refractivity contribution in [2.45, 2.75) is 12.8 Å². The first-order chi connectivity index (χ1) is 15.5. The summed E-state index contributed by atoms with van der Waals surface area (Å²) in [4.78, 5) is 26.2. The van der Waals surface area contributed by atoms with Crippen molar-refractivity contribution in [1.29, 1.82) is 0 Å². The molecule has 2 aromatic heterocycles. The van der Waals surface area contributed by atoms with Crippen LogP contribution in [0.2, 0.25) is 0 Å². The zero-order valence-corrected chi connectivity index (χ0v) is 17.0. The van der Waals surface area contributed by atoms with Crippen LogP contribution in [0.4, 0.5) is 0 Å². The van der Waals surface area contributed by atoms with Gasteiger partial charge in [0.05, 0.1) is 27.8 Å². The van der Waals surface area contributed by atoms with Gasteiger partial charge >= 0.3 is 11.3 Å². The van der Waals surface area contributed by atoms with Gasteiger partial charge in [0.15, 0.2) is 0 Å². The van der Waals surface area contributed by atoms with E-state index < -0.39 is 17.2 Å². The topological polar surface area (TPSA) is 101 Å². The Morgan fingerprint density at radius 3 is 1.59 bits per heavy atom. The molecule has 0 aliphatic rings. The van der Waals surface area contributed by atoms with Gasteiger partial charge in [0.25, 0.3) is 0 Å². The molecule has 0 bridgehead atoms. The lowest BCUT2D eigenvalue weighted by Crippen LogP contribution is -2.21. The van der Waals surface area contributed by atoms with Gasteiger partial charge in [-0.1, -0.05) is 48.5 Å². The summed E-state index contributed by atoms with van der Waals surface area (Å²) < 4.78 is 10.9. The standard InChI is InChI=1S/C26H18O6/c1-14-8-2-3-9-15(14)20(21-23(27)16-10-4-6-12-18(16)31-25(21)29)22-24(28)17-11-5-7-13-19(17)32-26(22)30/h2-13,20,27-28H,1H3. The van der Waals surface area contributed by atoms with Gasteiger partial charge in [0, 0.05) is 0 Å². The van der Waals surface area contributed by atoms with E-state index in [1.807, 2.05) is 19.1 Å². The third kappa shape index (κ3) is 2.96. The van der Waals surface area contributed by atoms with Gasteiger partial charge in [-0.3, -0.25) is 0 Å². The zero-order valence-electron chi connectivity index (χ0n) is 17.0. The van der Waals surface area contributed by atoms with E-state index in [1.54, 1.807) is 60.7 Å². The smallest absolute Gasteiger partial charge is 0.344 e. The van der Waals surface area contributed by atoms with Crippen LogP contribution < -0.4 is 11.3 Å². The number of rotatable bonds is 3. The minimum absolute atomic E-state index is 0.143. The van der Waals surface area contributed by atoms with Crippen LogP contribution in [0.1, 0.15) is 28.2 Å². The fraction of sp³-hybridized carbons (Fsp3) is 0.0769. The van der Waals surface area contributed by atoms with Crippen LogP contribution in [-0.4, -0.2) is 10.2 Å². The lowest BCUT2D eigenvalue weighted by atomic mass is 9.82. The van der Waals surface area contributed by atoms with E-state index in [-0.39, 0.29) is 33.8 Å². The van der Waals surface area contributed by atoms with Crippen molar-refractivity contribution in [3.05, 3.63) is 116 Å². The molecule has 158 valence electrons. The van der Waals surface area contributed by atoms with Crippen LogP contribution in [0.25, 0.3) is 21.9 Å². The van der Waals surface area contributed by atoms with Crippen molar-refractivity contribution in [3.8, 4) is 11.5 Å². The normalized spacial score (nSPS) is 11.4. The first-order valence-corrected chi connectivity index (χ1v) is 10.0. The van der Waals surface area contributed by atoms with E-state index in [0.717, 1.165) is 5.56 Å². The van der Waals surface area contributed by atoms with Crippen LogP contribution in [0.5, 0.6) is 11.5 Å². The van der Waals surface area contributed by atoms with Crippen molar-refractivity contribution in [3.63, 3.8) is 0 Å². The number of benzene rings is 3. The quantitative estimate of drug-likeness (QED) is 0.402. The minimum atomic E-state index is -1.11. The summed E-state index contributed by atoms with van der Waals surface area (Å²) in [5.74, 6) is -1.73. The van der Waals surface area contributed by atoms with Crippen LogP contribution in [-0.2, 0) is 0 Å². The lowest BCUT2D eigenvalue weighted by Gasteiger charge is -2.21. The SMILES string of the molecule is Cc1ccccc1C(c1c(O)c2ccccc2oc1=O)c1c(O)c2ccccc2oc1=O. The highest BCUT2D eigenvalue weighted by Crippen LogP contribution is 2.42. The fourth-order valence-electron chi connectivity index (χ4n) is 4.17. The van der Waals surface area contributed by atoms with Gasteiger partial charge in [0.2, 0.25) is 0 Å². The molecule has 0 spiro atoms. The van der Waals surface area contributed by atoms with E-state index in [9.17, 15) is 19.8 Å². The molecule has 3 aromatic carbocycles. The van der Waals surface area contributed by atoms with E-state index >= 15 is 0 Å². The fourth-order valence-corrected chi connectivity index (χ4v) is 4.17. The second kappa shape index (κ2) is 7.42. The highest BCUT2D eigenvalue weighted by Gasteiger charge is 2.33. The molecule has 6 heteroatoms. The molecule has 32 heavy (non-hydrogen) atoms. The largest absolute Gasteiger partial charge is 0.507 e. The summed E-state index contributed by atoms with van der Waals surface area (Å²) >= 11 is 0. The first-order valence-electron chi connectivity index (χ1n) is 10.0. The van der Waals surface area contributed by atoms with E-state index in [0.29, 0.717) is 16.3 Å². The number of fused-ring (bicyclic) bond motifs is 2. The summed E-state index contributed by atoms with van der Waals surface area (Å²) in [7, 11) is 0. The Morgan fingerprint density at radius 2 is 1.09 bits per heavy atom. The third-order valence-corrected chi connectivity index (χ3v) is 5.72. The average molecular weight is 426 g/mol. The number of aryl methyl sites for hydroxylation is 1. The van der Waals surface area contributed by atoms with Crippen LogP contribution in [0, 0.1) is 6.92 Å². The molecule has 0 aliphatic carbocycles. The van der Waals surface area contributed by atoms with Crippen molar-refractivity contribution in [1.82, 2.24) is 0 Å². The van der Waals surface area contributed by atoms with E-state index in [2.05, 4.69) is 0 Å². The van der Waals surface area contributed by atoms with Crippen LogP contribution >= 0.6 is 0 Å². The molecule has 0 aliphatic heterocycles. The molecule has 5 rings (SSSR count). The summed E-state index contributed by atoms with van der Waals surface area (Å²) in [5, 5.41) is 22.9.